The summed E-state index contributed by atoms with van der Waals surface area (Å²) in [6.07, 6.45) is 2.73. The van der Waals surface area contributed by atoms with Crippen molar-refractivity contribution in [2.45, 2.75) is 18.7 Å². The lowest BCUT2D eigenvalue weighted by molar-refractivity contribution is -0.142. The summed E-state index contributed by atoms with van der Waals surface area (Å²) >= 11 is 0. The van der Waals surface area contributed by atoms with Crippen LogP contribution in [-0.4, -0.2) is 51.4 Å². The molecular weight excluding hydrogens is 420 g/mol. The Hall–Kier alpha value is -3.17. The van der Waals surface area contributed by atoms with Gasteiger partial charge in [0.25, 0.3) is 5.91 Å². The molecule has 0 spiro atoms. The van der Waals surface area contributed by atoms with Gasteiger partial charge in [-0.2, -0.15) is 4.31 Å². The normalized spacial score (nSPS) is 11.5. The fourth-order valence-corrected chi connectivity index (χ4v) is 4.30. The Bertz CT molecular complexity index is 1050. The molecule has 0 aliphatic rings. The third-order valence-corrected chi connectivity index (χ3v) is 6.39. The number of nitrogens with zero attached hydrogens (tertiary/aromatic N) is 1. The molecule has 9 heteroatoms. The van der Waals surface area contributed by atoms with Gasteiger partial charge in [0.05, 0.1) is 12.0 Å². The van der Waals surface area contributed by atoms with Crippen LogP contribution in [0.15, 0.2) is 59.5 Å². The molecule has 2 aromatic carbocycles. The number of esters is 1. The van der Waals surface area contributed by atoms with Crippen molar-refractivity contribution >= 4 is 33.7 Å². The minimum atomic E-state index is -3.65. The number of anilines is 1. The largest absolute Gasteiger partial charge is 0.496 e. The Morgan fingerprint density at radius 3 is 2.45 bits per heavy atom. The Morgan fingerprint density at radius 1 is 1.06 bits per heavy atom. The summed E-state index contributed by atoms with van der Waals surface area (Å²) in [5.74, 6) is -0.681. The second kappa shape index (κ2) is 11.3. The van der Waals surface area contributed by atoms with E-state index in [4.69, 9.17) is 9.47 Å². The SMILES string of the molecule is CCN(CC)S(=O)(=O)c1cccc(NC(=O)COC(=O)/C=C/c2ccccc2OC)c1. The summed E-state index contributed by atoms with van der Waals surface area (Å²) < 4.78 is 36.7. The first-order chi connectivity index (χ1) is 14.8. The zero-order valence-corrected chi connectivity index (χ0v) is 18.5. The standard InChI is InChI=1S/C22H26N2O6S/c1-4-24(5-2)31(27,28)19-11-8-10-18(15-19)23-21(25)16-30-22(26)14-13-17-9-6-7-12-20(17)29-3/h6-15H,4-5,16H2,1-3H3,(H,23,25)/b14-13+. The molecule has 0 atom stereocenters. The fourth-order valence-electron chi connectivity index (χ4n) is 2.79. The first-order valence-corrected chi connectivity index (χ1v) is 11.1. The number of ether oxygens (including phenoxy) is 2. The monoisotopic (exact) mass is 446 g/mol. The van der Waals surface area contributed by atoms with Crippen molar-refractivity contribution in [1.82, 2.24) is 4.31 Å². The molecule has 0 radical (unpaired) electrons. The number of methoxy groups -OCH3 is 1. The number of carbonyl (C=O) groups excluding carboxylic acids is 2. The van der Waals surface area contributed by atoms with E-state index in [0.29, 0.717) is 30.1 Å². The molecule has 0 aliphatic carbocycles. The lowest BCUT2D eigenvalue weighted by Crippen LogP contribution is -2.30. The van der Waals surface area contributed by atoms with Gasteiger partial charge in [0.2, 0.25) is 10.0 Å². The molecule has 0 saturated carbocycles. The van der Waals surface area contributed by atoms with Gasteiger partial charge in [0.15, 0.2) is 6.61 Å². The molecule has 8 nitrogen and oxygen atoms in total. The lowest BCUT2D eigenvalue weighted by atomic mass is 10.2. The number of amides is 1. The zero-order valence-electron chi connectivity index (χ0n) is 17.7. The highest BCUT2D eigenvalue weighted by atomic mass is 32.2. The minimum Gasteiger partial charge on any atom is -0.496 e. The highest BCUT2D eigenvalue weighted by molar-refractivity contribution is 7.89. The predicted molar refractivity (Wildman–Crippen MR) is 118 cm³/mol. The van der Waals surface area contributed by atoms with Gasteiger partial charge in [-0.05, 0) is 30.3 Å². The maximum atomic E-state index is 12.6. The molecule has 166 valence electrons. The molecule has 1 amide bonds. The fraction of sp³-hybridized carbons (Fsp3) is 0.273. The summed E-state index contributed by atoms with van der Waals surface area (Å²) in [6.45, 7) is 3.68. The molecule has 0 bridgehead atoms. The van der Waals surface area contributed by atoms with Crippen LogP contribution in [0.4, 0.5) is 5.69 Å². The lowest BCUT2D eigenvalue weighted by Gasteiger charge is -2.18. The van der Waals surface area contributed by atoms with Crippen LogP contribution in [0.3, 0.4) is 0 Å². The Labute approximate surface area is 182 Å². The van der Waals surface area contributed by atoms with Gasteiger partial charge >= 0.3 is 5.97 Å². The van der Waals surface area contributed by atoms with Crippen LogP contribution in [0.1, 0.15) is 19.4 Å². The van der Waals surface area contributed by atoms with Gasteiger partial charge in [0, 0.05) is 30.4 Å². The second-order valence-corrected chi connectivity index (χ2v) is 8.29. The number of hydrogen-bond donors (Lipinski definition) is 1. The van der Waals surface area contributed by atoms with Crippen LogP contribution >= 0.6 is 0 Å². The average Bonchev–Trinajstić information content (AvgIpc) is 2.77. The topological polar surface area (TPSA) is 102 Å². The van der Waals surface area contributed by atoms with Gasteiger partial charge in [-0.25, -0.2) is 13.2 Å². The first-order valence-electron chi connectivity index (χ1n) is 9.69. The highest BCUT2D eigenvalue weighted by Crippen LogP contribution is 2.20. The second-order valence-electron chi connectivity index (χ2n) is 6.35. The number of carbonyl (C=O) groups is 2. The van der Waals surface area contributed by atoms with E-state index >= 15 is 0 Å². The number of hydrogen-bond acceptors (Lipinski definition) is 6. The first kappa shape index (κ1) is 24.1. The summed E-state index contributed by atoms with van der Waals surface area (Å²) in [4.78, 5) is 24.1. The number of rotatable bonds is 10. The van der Waals surface area contributed by atoms with Gasteiger partial charge in [-0.3, -0.25) is 4.79 Å². The summed E-state index contributed by atoms with van der Waals surface area (Å²) in [7, 11) is -2.12. The highest BCUT2D eigenvalue weighted by Gasteiger charge is 2.21. The van der Waals surface area contributed by atoms with E-state index in [1.807, 2.05) is 0 Å². The molecule has 1 N–H and O–H groups in total. The number of nitrogens with one attached hydrogen (secondary N) is 1. The van der Waals surface area contributed by atoms with Crippen LogP contribution in [0.5, 0.6) is 5.75 Å². The van der Waals surface area contributed by atoms with Crippen LogP contribution in [-0.2, 0) is 24.3 Å². The Kier molecular flexibility index (Phi) is 8.77. The molecule has 0 saturated heterocycles. The van der Waals surface area contributed by atoms with E-state index < -0.39 is 28.5 Å². The maximum Gasteiger partial charge on any atom is 0.331 e. The number of benzene rings is 2. The molecule has 2 aromatic rings. The van der Waals surface area contributed by atoms with E-state index in [-0.39, 0.29) is 4.90 Å². The zero-order chi connectivity index (χ0) is 22.9. The van der Waals surface area contributed by atoms with Crippen molar-refractivity contribution in [2.24, 2.45) is 0 Å². The summed E-state index contributed by atoms with van der Waals surface area (Å²) in [5.41, 5.74) is 0.983. The van der Waals surface area contributed by atoms with Crippen molar-refractivity contribution in [3.8, 4) is 5.75 Å². The van der Waals surface area contributed by atoms with Gasteiger partial charge < -0.3 is 14.8 Å². The van der Waals surface area contributed by atoms with Gasteiger partial charge in [0.1, 0.15) is 5.75 Å². The van der Waals surface area contributed by atoms with Gasteiger partial charge in [-0.15, -0.1) is 0 Å². The van der Waals surface area contributed by atoms with Crippen LogP contribution < -0.4 is 10.1 Å². The maximum absolute atomic E-state index is 12.6. The molecule has 0 fully saturated rings. The Morgan fingerprint density at radius 2 is 1.77 bits per heavy atom. The summed E-state index contributed by atoms with van der Waals surface area (Å²) in [6, 6.07) is 13.1. The molecule has 0 heterocycles. The van der Waals surface area contributed by atoms with Crippen molar-refractivity contribution < 1.29 is 27.5 Å². The quantitative estimate of drug-likeness (QED) is 0.445. The summed E-state index contributed by atoms with van der Waals surface area (Å²) in [5, 5.41) is 2.53. The third kappa shape index (κ3) is 6.66. The van der Waals surface area contributed by atoms with E-state index in [9.17, 15) is 18.0 Å². The predicted octanol–water partition coefficient (Wildman–Crippen LogP) is 2.92. The van der Waals surface area contributed by atoms with Crippen molar-refractivity contribution in [3.05, 3.63) is 60.2 Å². The third-order valence-electron chi connectivity index (χ3n) is 4.34. The molecule has 0 aliphatic heterocycles. The van der Waals surface area contributed by atoms with Crippen molar-refractivity contribution in [1.29, 1.82) is 0 Å². The molecule has 0 aromatic heterocycles. The minimum absolute atomic E-state index is 0.0748. The van der Waals surface area contributed by atoms with Crippen molar-refractivity contribution in [3.63, 3.8) is 0 Å². The molecule has 2 rings (SSSR count). The van der Waals surface area contributed by atoms with E-state index in [0.717, 1.165) is 0 Å². The van der Waals surface area contributed by atoms with Crippen LogP contribution in [0, 0.1) is 0 Å². The average molecular weight is 447 g/mol. The number of para-hydroxylation sites is 1. The van der Waals surface area contributed by atoms with Crippen molar-refractivity contribution in [2.75, 3.05) is 32.1 Å². The van der Waals surface area contributed by atoms with Crippen LogP contribution in [0.2, 0.25) is 0 Å². The van der Waals surface area contributed by atoms with Crippen LogP contribution in [0.25, 0.3) is 6.08 Å². The smallest absolute Gasteiger partial charge is 0.331 e. The Balaban J connectivity index is 1.96. The van der Waals surface area contributed by atoms with Gasteiger partial charge in [-0.1, -0.05) is 38.1 Å². The molecular formula is C22H26N2O6S. The van der Waals surface area contributed by atoms with E-state index in [2.05, 4.69) is 5.32 Å². The molecule has 0 unspecified atom stereocenters. The molecule has 31 heavy (non-hydrogen) atoms. The number of sulfonamides is 1. The van der Waals surface area contributed by atoms with E-state index in [1.165, 1.54) is 41.8 Å². The van der Waals surface area contributed by atoms with E-state index in [1.54, 1.807) is 44.2 Å².